The van der Waals surface area contributed by atoms with Gasteiger partial charge in [-0.1, -0.05) is 19.3 Å². The summed E-state index contributed by atoms with van der Waals surface area (Å²) in [6.45, 7) is 3.82. The number of rotatable bonds is 3. The van der Waals surface area contributed by atoms with Crippen LogP contribution in [0.1, 0.15) is 46.0 Å². The van der Waals surface area contributed by atoms with Crippen molar-refractivity contribution in [3.05, 3.63) is 0 Å². The predicted octanol–water partition coefficient (Wildman–Crippen LogP) is 1.11. The molecule has 0 atom stereocenters. The molecule has 4 amide bonds. The van der Waals surface area contributed by atoms with Crippen LogP contribution < -0.4 is 5.32 Å². The van der Waals surface area contributed by atoms with E-state index in [1.54, 1.807) is 11.9 Å². The average Bonchev–Trinajstić information content (AvgIpc) is 2.63. The Labute approximate surface area is 119 Å². The summed E-state index contributed by atoms with van der Waals surface area (Å²) < 4.78 is 0. The molecule has 0 bridgehead atoms. The van der Waals surface area contributed by atoms with Crippen molar-refractivity contribution in [2.24, 2.45) is 0 Å². The monoisotopic (exact) mass is 281 g/mol. The molecule has 6 heteroatoms. The molecule has 1 spiro atoms. The molecule has 2 rings (SSSR count). The molecule has 0 aromatic heterocycles. The SMILES string of the molecule is CC(C)N(C)C(=O)CN1C(=O)NC(=O)C12CCCCC2. The van der Waals surface area contributed by atoms with E-state index in [-0.39, 0.29) is 24.4 Å². The molecule has 0 unspecified atom stereocenters. The van der Waals surface area contributed by atoms with E-state index in [9.17, 15) is 14.4 Å². The Balaban J connectivity index is 2.17. The minimum atomic E-state index is -0.789. The highest BCUT2D eigenvalue weighted by Gasteiger charge is 2.53. The first-order chi connectivity index (χ1) is 9.38. The molecule has 112 valence electrons. The maximum Gasteiger partial charge on any atom is 0.325 e. The molecule has 0 radical (unpaired) electrons. The van der Waals surface area contributed by atoms with Crippen LogP contribution in [0.15, 0.2) is 0 Å². The lowest BCUT2D eigenvalue weighted by Crippen LogP contribution is -2.54. The van der Waals surface area contributed by atoms with Crippen LogP contribution in [0.25, 0.3) is 0 Å². The van der Waals surface area contributed by atoms with E-state index >= 15 is 0 Å². The van der Waals surface area contributed by atoms with Gasteiger partial charge in [0, 0.05) is 13.1 Å². The molecular formula is C14H23N3O3. The van der Waals surface area contributed by atoms with Gasteiger partial charge >= 0.3 is 6.03 Å². The zero-order chi connectivity index (χ0) is 14.9. The largest absolute Gasteiger partial charge is 0.342 e. The van der Waals surface area contributed by atoms with E-state index in [0.717, 1.165) is 19.3 Å². The second kappa shape index (κ2) is 5.42. The number of hydrogen-bond donors (Lipinski definition) is 1. The van der Waals surface area contributed by atoms with Crippen molar-refractivity contribution in [1.29, 1.82) is 0 Å². The molecule has 1 saturated carbocycles. The van der Waals surface area contributed by atoms with Crippen molar-refractivity contribution in [2.75, 3.05) is 13.6 Å². The lowest BCUT2D eigenvalue weighted by Gasteiger charge is -2.38. The Bertz CT molecular complexity index is 427. The fraction of sp³-hybridized carbons (Fsp3) is 0.786. The predicted molar refractivity (Wildman–Crippen MR) is 74.0 cm³/mol. The van der Waals surface area contributed by atoms with Gasteiger partial charge in [-0.15, -0.1) is 0 Å². The highest BCUT2D eigenvalue weighted by atomic mass is 16.2. The Morgan fingerprint density at radius 1 is 1.30 bits per heavy atom. The summed E-state index contributed by atoms with van der Waals surface area (Å²) in [7, 11) is 1.72. The molecule has 20 heavy (non-hydrogen) atoms. The zero-order valence-electron chi connectivity index (χ0n) is 12.4. The highest BCUT2D eigenvalue weighted by molar-refractivity contribution is 6.08. The van der Waals surface area contributed by atoms with Crippen LogP contribution in [0.5, 0.6) is 0 Å². The summed E-state index contributed by atoms with van der Waals surface area (Å²) >= 11 is 0. The van der Waals surface area contributed by atoms with Crippen molar-refractivity contribution in [3.8, 4) is 0 Å². The number of hydrogen-bond acceptors (Lipinski definition) is 3. The number of imide groups is 1. The van der Waals surface area contributed by atoms with Gasteiger partial charge in [0.1, 0.15) is 12.1 Å². The maximum absolute atomic E-state index is 12.2. The van der Waals surface area contributed by atoms with Crippen molar-refractivity contribution >= 4 is 17.8 Å². The van der Waals surface area contributed by atoms with E-state index in [4.69, 9.17) is 0 Å². The topological polar surface area (TPSA) is 69.7 Å². The molecule has 0 aromatic rings. The molecule has 1 aliphatic heterocycles. The molecule has 1 N–H and O–H groups in total. The van der Waals surface area contributed by atoms with Crippen molar-refractivity contribution in [2.45, 2.75) is 57.5 Å². The van der Waals surface area contributed by atoms with Gasteiger partial charge in [0.15, 0.2) is 0 Å². The minimum Gasteiger partial charge on any atom is -0.342 e. The molecule has 0 aromatic carbocycles. The number of nitrogens with one attached hydrogen (secondary N) is 1. The molecule has 6 nitrogen and oxygen atoms in total. The fourth-order valence-corrected chi connectivity index (χ4v) is 2.99. The maximum atomic E-state index is 12.2. The number of likely N-dealkylation sites (N-methyl/N-ethyl adjacent to an activating group) is 1. The van der Waals surface area contributed by atoms with E-state index in [2.05, 4.69) is 5.32 Å². The molecule has 1 saturated heterocycles. The quantitative estimate of drug-likeness (QED) is 0.788. The number of carbonyl (C=O) groups is 3. The second-order valence-electron chi connectivity index (χ2n) is 6.04. The van der Waals surface area contributed by atoms with Gasteiger partial charge in [0.2, 0.25) is 5.91 Å². The lowest BCUT2D eigenvalue weighted by molar-refractivity contribution is -0.135. The Hall–Kier alpha value is -1.59. The Morgan fingerprint density at radius 2 is 1.90 bits per heavy atom. The number of amides is 4. The van der Waals surface area contributed by atoms with Crippen molar-refractivity contribution < 1.29 is 14.4 Å². The van der Waals surface area contributed by atoms with Gasteiger partial charge in [-0.2, -0.15) is 0 Å². The van der Waals surface area contributed by atoms with Crippen LogP contribution in [-0.2, 0) is 9.59 Å². The Morgan fingerprint density at radius 3 is 2.45 bits per heavy atom. The average molecular weight is 281 g/mol. The zero-order valence-corrected chi connectivity index (χ0v) is 12.4. The van der Waals surface area contributed by atoms with Gasteiger partial charge in [-0.3, -0.25) is 14.9 Å². The van der Waals surface area contributed by atoms with Gasteiger partial charge in [0.05, 0.1) is 0 Å². The first-order valence-electron chi connectivity index (χ1n) is 7.27. The first kappa shape index (κ1) is 14.8. The van der Waals surface area contributed by atoms with Crippen LogP contribution in [0.4, 0.5) is 4.79 Å². The smallest absolute Gasteiger partial charge is 0.325 e. The van der Waals surface area contributed by atoms with Crippen molar-refractivity contribution in [1.82, 2.24) is 15.1 Å². The second-order valence-corrected chi connectivity index (χ2v) is 6.04. The van der Waals surface area contributed by atoms with Gasteiger partial charge < -0.3 is 9.80 Å². The summed E-state index contributed by atoms with van der Waals surface area (Å²) in [6.07, 6.45) is 4.24. The standard InChI is InChI=1S/C14H23N3O3/c1-10(2)16(3)11(18)9-17-13(20)15-12(19)14(17)7-5-4-6-8-14/h10H,4-9H2,1-3H3,(H,15,19,20). The third kappa shape index (κ3) is 2.39. The minimum absolute atomic E-state index is 0.0216. The molecule has 2 aliphatic rings. The van der Waals surface area contributed by atoms with Gasteiger partial charge in [-0.25, -0.2) is 4.79 Å². The fourth-order valence-electron chi connectivity index (χ4n) is 2.99. The number of nitrogens with zero attached hydrogens (tertiary/aromatic N) is 2. The molecule has 1 heterocycles. The van der Waals surface area contributed by atoms with E-state index in [1.165, 1.54) is 4.90 Å². The first-order valence-corrected chi connectivity index (χ1v) is 7.27. The molecule has 1 aliphatic carbocycles. The van der Waals surface area contributed by atoms with Crippen LogP contribution in [0.3, 0.4) is 0 Å². The van der Waals surface area contributed by atoms with Crippen LogP contribution in [-0.4, -0.2) is 52.8 Å². The van der Waals surface area contributed by atoms with E-state index in [0.29, 0.717) is 12.8 Å². The Kier molecular flexibility index (Phi) is 4.01. The highest BCUT2D eigenvalue weighted by Crippen LogP contribution is 2.36. The van der Waals surface area contributed by atoms with Crippen LogP contribution >= 0.6 is 0 Å². The number of carbonyl (C=O) groups excluding carboxylic acids is 3. The summed E-state index contributed by atoms with van der Waals surface area (Å²) in [5.74, 6) is -0.364. The van der Waals surface area contributed by atoms with Crippen LogP contribution in [0.2, 0.25) is 0 Å². The molecule has 2 fully saturated rings. The summed E-state index contributed by atoms with van der Waals surface area (Å²) in [5.41, 5.74) is -0.789. The molecular weight excluding hydrogens is 258 g/mol. The normalized spacial score (nSPS) is 21.5. The van der Waals surface area contributed by atoms with Crippen molar-refractivity contribution in [3.63, 3.8) is 0 Å². The summed E-state index contributed by atoms with van der Waals surface area (Å²) in [5, 5.41) is 2.38. The third-order valence-corrected chi connectivity index (χ3v) is 4.55. The van der Waals surface area contributed by atoms with Gasteiger partial charge in [-0.05, 0) is 26.7 Å². The summed E-state index contributed by atoms with van der Waals surface area (Å²) in [6, 6.07) is -0.353. The lowest BCUT2D eigenvalue weighted by atomic mass is 9.80. The third-order valence-electron chi connectivity index (χ3n) is 4.55. The van der Waals surface area contributed by atoms with Gasteiger partial charge in [0.25, 0.3) is 5.91 Å². The van der Waals surface area contributed by atoms with E-state index < -0.39 is 11.6 Å². The van der Waals surface area contributed by atoms with Crippen LogP contribution in [0, 0.1) is 0 Å². The summed E-state index contributed by atoms with van der Waals surface area (Å²) in [4.78, 5) is 39.4. The number of urea groups is 1. The van der Waals surface area contributed by atoms with E-state index in [1.807, 2.05) is 13.8 Å².